The van der Waals surface area contributed by atoms with Crippen LogP contribution >= 0.6 is 0 Å². The van der Waals surface area contributed by atoms with E-state index >= 15 is 0 Å². The normalized spacial score (nSPS) is 10.3. The largest absolute Gasteiger partial charge is 0.326 e. The first-order valence-corrected chi connectivity index (χ1v) is 4.57. The Kier molecular flexibility index (Phi) is 2.69. The molecular formula is C11H10FN3. The molecular weight excluding hydrogens is 193 g/mol. The number of aromatic nitrogens is 2. The fraction of sp³-hybridized carbons (Fsp3) is 0.0909. The van der Waals surface area contributed by atoms with Gasteiger partial charge in [-0.2, -0.15) is 0 Å². The summed E-state index contributed by atoms with van der Waals surface area (Å²) < 4.78 is 13.4. The molecule has 1 aromatic heterocycles. The van der Waals surface area contributed by atoms with Crippen LogP contribution in [0.25, 0.3) is 11.4 Å². The molecule has 0 spiro atoms. The molecule has 0 radical (unpaired) electrons. The Labute approximate surface area is 86.8 Å². The molecule has 4 heteroatoms. The third-order valence-electron chi connectivity index (χ3n) is 2.06. The zero-order valence-corrected chi connectivity index (χ0v) is 8.02. The van der Waals surface area contributed by atoms with Crippen molar-refractivity contribution >= 4 is 0 Å². The lowest BCUT2D eigenvalue weighted by Gasteiger charge is -2.01. The van der Waals surface area contributed by atoms with Crippen molar-refractivity contribution in [3.63, 3.8) is 0 Å². The summed E-state index contributed by atoms with van der Waals surface area (Å²) in [7, 11) is 0. The molecule has 0 atom stereocenters. The first-order chi connectivity index (χ1) is 7.31. The summed E-state index contributed by atoms with van der Waals surface area (Å²) in [4.78, 5) is 8.10. The highest BCUT2D eigenvalue weighted by Crippen LogP contribution is 2.17. The molecule has 0 aliphatic heterocycles. The molecule has 1 heterocycles. The van der Waals surface area contributed by atoms with E-state index in [1.807, 2.05) is 0 Å². The number of benzene rings is 1. The van der Waals surface area contributed by atoms with Crippen LogP contribution in [0.4, 0.5) is 4.39 Å². The number of rotatable bonds is 2. The van der Waals surface area contributed by atoms with E-state index in [1.54, 1.807) is 30.6 Å². The average molecular weight is 203 g/mol. The second-order valence-electron chi connectivity index (χ2n) is 3.10. The molecule has 0 aliphatic carbocycles. The first kappa shape index (κ1) is 9.73. The van der Waals surface area contributed by atoms with Crippen LogP contribution < -0.4 is 5.73 Å². The van der Waals surface area contributed by atoms with Crippen molar-refractivity contribution in [3.8, 4) is 11.4 Å². The summed E-state index contributed by atoms with van der Waals surface area (Å²) in [6.45, 7) is 0.386. The zero-order chi connectivity index (χ0) is 10.7. The van der Waals surface area contributed by atoms with Gasteiger partial charge in [0.05, 0.1) is 5.56 Å². The minimum atomic E-state index is -0.321. The molecule has 76 valence electrons. The van der Waals surface area contributed by atoms with Gasteiger partial charge >= 0.3 is 0 Å². The number of hydrogen-bond donors (Lipinski definition) is 1. The van der Waals surface area contributed by atoms with E-state index in [0.717, 1.165) is 5.56 Å². The lowest BCUT2D eigenvalue weighted by Crippen LogP contribution is -1.99. The average Bonchev–Trinajstić information content (AvgIpc) is 2.30. The molecule has 0 amide bonds. The van der Waals surface area contributed by atoms with E-state index in [4.69, 9.17) is 5.73 Å². The van der Waals surface area contributed by atoms with Gasteiger partial charge in [-0.15, -0.1) is 0 Å². The van der Waals surface area contributed by atoms with Gasteiger partial charge in [0.1, 0.15) is 5.82 Å². The monoisotopic (exact) mass is 203 g/mol. The Morgan fingerprint density at radius 2 is 1.80 bits per heavy atom. The summed E-state index contributed by atoms with van der Waals surface area (Å²) in [5.74, 6) is 0.0586. The van der Waals surface area contributed by atoms with Crippen molar-refractivity contribution in [1.29, 1.82) is 0 Å². The molecule has 1 aromatic carbocycles. The highest BCUT2D eigenvalue weighted by Gasteiger charge is 2.05. The molecule has 0 unspecified atom stereocenters. The summed E-state index contributed by atoms with van der Waals surface area (Å²) in [6.07, 6.45) is 3.21. The van der Waals surface area contributed by atoms with Crippen molar-refractivity contribution in [1.82, 2.24) is 9.97 Å². The SMILES string of the molecule is NCc1cnc(-c2ccccc2F)nc1. The standard InChI is InChI=1S/C11H10FN3/c12-10-4-2-1-3-9(10)11-14-6-8(5-13)7-15-11/h1-4,6-7H,5,13H2. The van der Waals surface area contributed by atoms with Crippen LogP contribution in [0.2, 0.25) is 0 Å². The maximum absolute atomic E-state index is 13.4. The number of nitrogens with zero attached hydrogens (tertiary/aromatic N) is 2. The quantitative estimate of drug-likeness (QED) is 0.808. The van der Waals surface area contributed by atoms with E-state index in [9.17, 15) is 4.39 Å². The highest BCUT2D eigenvalue weighted by atomic mass is 19.1. The summed E-state index contributed by atoms with van der Waals surface area (Å²) in [5.41, 5.74) is 6.65. The fourth-order valence-electron chi connectivity index (χ4n) is 1.24. The predicted octanol–water partition coefficient (Wildman–Crippen LogP) is 1.74. The molecule has 15 heavy (non-hydrogen) atoms. The van der Waals surface area contributed by atoms with Crippen LogP contribution in [-0.2, 0) is 6.54 Å². The number of nitrogens with two attached hydrogens (primary N) is 1. The maximum Gasteiger partial charge on any atom is 0.162 e. The molecule has 0 saturated heterocycles. The molecule has 0 saturated carbocycles. The maximum atomic E-state index is 13.4. The molecule has 0 bridgehead atoms. The van der Waals surface area contributed by atoms with Crippen LogP contribution in [0, 0.1) is 5.82 Å². The molecule has 0 aliphatic rings. The third-order valence-corrected chi connectivity index (χ3v) is 2.06. The Morgan fingerprint density at radius 1 is 1.13 bits per heavy atom. The lowest BCUT2D eigenvalue weighted by molar-refractivity contribution is 0.630. The van der Waals surface area contributed by atoms with Gasteiger partial charge in [-0.1, -0.05) is 12.1 Å². The van der Waals surface area contributed by atoms with E-state index < -0.39 is 0 Å². The van der Waals surface area contributed by atoms with Crippen molar-refractivity contribution in [2.24, 2.45) is 5.73 Å². The molecule has 3 nitrogen and oxygen atoms in total. The topological polar surface area (TPSA) is 51.8 Å². The molecule has 2 rings (SSSR count). The first-order valence-electron chi connectivity index (χ1n) is 4.57. The van der Waals surface area contributed by atoms with Crippen LogP contribution in [0.1, 0.15) is 5.56 Å². The second-order valence-corrected chi connectivity index (χ2v) is 3.10. The van der Waals surface area contributed by atoms with E-state index in [-0.39, 0.29) is 5.82 Å². The van der Waals surface area contributed by atoms with Gasteiger partial charge in [-0.05, 0) is 12.1 Å². The van der Waals surface area contributed by atoms with Crippen molar-refractivity contribution in [2.45, 2.75) is 6.54 Å². The minimum Gasteiger partial charge on any atom is -0.326 e. The van der Waals surface area contributed by atoms with Gasteiger partial charge in [-0.25, -0.2) is 14.4 Å². The lowest BCUT2D eigenvalue weighted by atomic mass is 10.2. The zero-order valence-electron chi connectivity index (χ0n) is 8.02. The van der Waals surface area contributed by atoms with Crippen molar-refractivity contribution in [2.75, 3.05) is 0 Å². The van der Waals surface area contributed by atoms with Gasteiger partial charge in [0, 0.05) is 24.5 Å². The number of hydrogen-bond acceptors (Lipinski definition) is 3. The Morgan fingerprint density at radius 3 is 2.40 bits per heavy atom. The van der Waals surface area contributed by atoms with Crippen molar-refractivity contribution < 1.29 is 4.39 Å². The summed E-state index contributed by atoms with van der Waals surface area (Å²) in [6, 6.07) is 6.41. The van der Waals surface area contributed by atoms with E-state index in [1.165, 1.54) is 6.07 Å². The summed E-state index contributed by atoms with van der Waals surface area (Å²) in [5, 5.41) is 0. The highest BCUT2D eigenvalue weighted by molar-refractivity contribution is 5.55. The van der Waals surface area contributed by atoms with Crippen LogP contribution in [-0.4, -0.2) is 9.97 Å². The van der Waals surface area contributed by atoms with Crippen LogP contribution in [0.15, 0.2) is 36.7 Å². The third kappa shape index (κ3) is 1.99. The second kappa shape index (κ2) is 4.14. The van der Waals surface area contributed by atoms with E-state index in [2.05, 4.69) is 9.97 Å². The summed E-state index contributed by atoms with van der Waals surface area (Å²) >= 11 is 0. The smallest absolute Gasteiger partial charge is 0.162 e. The fourth-order valence-corrected chi connectivity index (χ4v) is 1.24. The van der Waals surface area contributed by atoms with Crippen molar-refractivity contribution in [3.05, 3.63) is 48.0 Å². The predicted molar refractivity (Wildman–Crippen MR) is 55.3 cm³/mol. The van der Waals surface area contributed by atoms with Gasteiger partial charge in [-0.3, -0.25) is 0 Å². The van der Waals surface area contributed by atoms with Crippen LogP contribution in [0.3, 0.4) is 0 Å². The number of halogens is 1. The van der Waals surface area contributed by atoms with Crippen LogP contribution in [0.5, 0.6) is 0 Å². The minimum absolute atomic E-state index is 0.321. The van der Waals surface area contributed by atoms with Gasteiger partial charge < -0.3 is 5.73 Å². The molecule has 0 fully saturated rings. The van der Waals surface area contributed by atoms with Gasteiger partial charge in [0.25, 0.3) is 0 Å². The molecule has 2 N–H and O–H groups in total. The molecule has 2 aromatic rings. The van der Waals surface area contributed by atoms with E-state index in [0.29, 0.717) is 17.9 Å². The van der Waals surface area contributed by atoms with Gasteiger partial charge in [0.2, 0.25) is 0 Å². The Bertz CT molecular complexity index is 454. The Hall–Kier alpha value is -1.81. The van der Waals surface area contributed by atoms with Gasteiger partial charge in [0.15, 0.2) is 5.82 Å². The Balaban J connectivity index is 2.42.